The van der Waals surface area contributed by atoms with E-state index in [0.29, 0.717) is 29.5 Å². The standard InChI is InChI=1S/C25H22O6.C25H18O2.C21H16O2.C16H14O2/c1-11(2)23(26)30-21-15-10-16-20(25(28)31-22(16)21)19(15)24(27)29-17-9-13-7-3-5-12-6-4-8-14(17)18(12)13;1-2-16-7-4-12-20-19(16)11-6-13-21(20)25(26)27-23-15-18-10-3-8-17-9-5-14-22(23)24(17)18;1-2-14-9-11-16(12-10-14)21(22)23-19-13-17-7-3-5-15-6-4-8-18(19)20(15)17;1-10(2)16(17)18-14-9-12-7-3-5-11-6-4-8-13(14)15(11)12/h3-8,15-17,19-22H,1,9-10H2,2H3;2-14,23H,1,15H2;2-12,19H,1,13H2;3-8,14H,1,9H2,2H3. The second-order valence-electron chi connectivity index (χ2n) is 26.6. The lowest BCUT2D eigenvalue weighted by atomic mass is 9.78. The first-order chi connectivity index (χ1) is 48.1. The molecule has 2 saturated carbocycles. The molecule has 0 spiro atoms. The Bertz CT molecular complexity index is 5210. The zero-order chi connectivity index (χ0) is 68.3. The van der Waals surface area contributed by atoms with Crippen molar-refractivity contribution in [1.82, 2.24) is 0 Å². The van der Waals surface area contributed by atoms with Crippen molar-refractivity contribution in [2.45, 2.75) is 82.6 Å². The van der Waals surface area contributed by atoms with Gasteiger partial charge < -0.3 is 28.4 Å². The molecule has 0 amide bonds. The highest BCUT2D eigenvalue weighted by molar-refractivity contribution is 6.07. The topological polar surface area (TPSA) is 158 Å². The Morgan fingerprint density at radius 2 is 0.848 bits per heavy atom. The first kappa shape index (κ1) is 63.5. The average molecular weight is 1310 g/mol. The fourth-order valence-electron chi connectivity index (χ4n) is 16.2. The van der Waals surface area contributed by atoms with Gasteiger partial charge in [-0.3, -0.25) is 9.59 Å². The summed E-state index contributed by atoms with van der Waals surface area (Å²) >= 11 is 0. The number of rotatable bonds is 12. The number of carbonyl (C=O) groups excluding carboxylic acids is 6. The highest BCUT2D eigenvalue weighted by Crippen LogP contribution is 2.59. The molecule has 12 heteroatoms. The Kier molecular flexibility index (Phi) is 16.8. The van der Waals surface area contributed by atoms with Gasteiger partial charge in [-0.25, -0.2) is 19.2 Å². The van der Waals surface area contributed by atoms with Crippen molar-refractivity contribution in [2.24, 2.45) is 23.7 Å². The molecule has 11 aromatic rings. The summed E-state index contributed by atoms with van der Waals surface area (Å²) in [5.41, 5.74) is 13.1. The van der Waals surface area contributed by atoms with Crippen LogP contribution in [0.15, 0.2) is 244 Å². The van der Waals surface area contributed by atoms with Crippen LogP contribution < -0.4 is 0 Å². The highest BCUT2D eigenvalue weighted by atomic mass is 16.6. The molecule has 1 heterocycles. The third-order valence-electron chi connectivity index (χ3n) is 20.6. The average Bonchev–Trinajstić information content (AvgIpc) is 1.55. The number of ether oxygens (including phenoxy) is 6. The second-order valence-corrected chi connectivity index (χ2v) is 26.6. The SMILES string of the molecule is C=C(C)C(=O)OC1C2CC3C1OC(=O)C3C2C(=O)OC1Cc2cccc3cccc1c23.C=C(C)C(=O)OC1Cc2cccc3cccc1c23.C=Cc1ccc(C(=O)OC2Cc3cccc4cccc2c34)cc1.C=Cc1cccc2c(C(=O)OC3Cc4cccc5cccc3c45)cccc12. The van der Waals surface area contributed by atoms with Gasteiger partial charge in [-0.2, -0.15) is 0 Å². The molecule has 10 unspecified atom stereocenters. The van der Waals surface area contributed by atoms with Gasteiger partial charge in [0.1, 0.15) is 36.6 Å². The van der Waals surface area contributed by atoms with Crippen molar-refractivity contribution < 1.29 is 57.2 Å². The maximum absolute atomic E-state index is 13.4. The normalized spacial score (nSPS) is 21.5. The Morgan fingerprint density at radius 1 is 0.434 bits per heavy atom. The molecule has 0 aromatic heterocycles. The van der Waals surface area contributed by atoms with Crippen LogP contribution in [0.25, 0.3) is 66.0 Å². The van der Waals surface area contributed by atoms with E-state index in [1.165, 1.54) is 49.0 Å². The minimum Gasteiger partial charge on any atom is -0.458 e. The lowest BCUT2D eigenvalue weighted by molar-refractivity contribution is -0.166. The maximum Gasteiger partial charge on any atom is 0.339 e. The zero-order valence-corrected chi connectivity index (χ0v) is 54.8. The van der Waals surface area contributed by atoms with E-state index >= 15 is 0 Å². The first-order valence-corrected chi connectivity index (χ1v) is 33.6. The van der Waals surface area contributed by atoms with Crippen LogP contribution in [0.5, 0.6) is 0 Å². The van der Waals surface area contributed by atoms with Crippen molar-refractivity contribution in [3.8, 4) is 0 Å². The summed E-state index contributed by atoms with van der Waals surface area (Å²) in [7, 11) is 0. The predicted molar refractivity (Wildman–Crippen MR) is 383 cm³/mol. The van der Waals surface area contributed by atoms with Gasteiger partial charge in [-0.1, -0.05) is 227 Å². The van der Waals surface area contributed by atoms with Gasteiger partial charge in [0, 0.05) is 70.9 Å². The predicted octanol–water partition coefficient (Wildman–Crippen LogP) is 17.9. The number of hydrogen-bond acceptors (Lipinski definition) is 12. The Balaban J connectivity index is 0.000000109. The van der Waals surface area contributed by atoms with Crippen LogP contribution in [0.2, 0.25) is 0 Å². The van der Waals surface area contributed by atoms with E-state index < -0.39 is 36.0 Å². The maximum atomic E-state index is 13.4. The van der Waals surface area contributed by atoms with Crippen LogP contribution in [0.1, 0.15) is 121 Å². The third-order valence-corrected chi connectivity index (χ3v) is 20.6. The van der Waals surface area contributed by atoms with Gasteiger partial charge in [0.25, 0.3) is 0 Å². The van der Waals surface area contributed by atoms with Gasteiger partial charge in [0.05, 0.1) is 23.0 Å². The highest BCUT2D eigenvalue weighted by Gasteiger charge is 2.70. The molecule has 0 radical (unpaired) electrons. The minimum absolute atomic E-state index is 0.109. The molecule has 6 aliphatic carbocycles. The van der Waals surface area contributed by atoms with Gasteiger partial charge in [0.2, 0.25) is 0 Å². The molecule has 0 N–H and O–H groups in total. The summed E-state index contributed by atoms with van der Waals surface area (Å²) < 4.78 is 34.4. The molecular weight excluding hydrogens is 1240 g/mol. The van der Waals surface area contributed by atoms with Crippen molar-refractivity contribution >= 4 is 102 Å². The fraction of sp³-hybridized carbons (Fsp3) is 0.195. The number of esters is 6. The molecule has 99 heavy (non-hydrogen) atoms. The van der Waals surface area contributed by atoms with Crippen LogP contribution >= 0.6 is 0 Å². The van der Waals surface area contributed by atoms with E-state index in [9.17, 15) is 28.8 Å². The van der Waals surface area contributed by atoms with Crippen molar-refractivity contribution in [3.05, 3.63) is 310 Å². The molecule has 12 nitrogen and oxygen atoms in total. The summed E-state index contributed by atoms with van der Waals surface area (Å²) in [6.45, 7) is 18.1. The van der Waals surface area contributed by atoms with Gasteiger partial charge >= 0.3 is 35.8 Å². The molecule has 3 fully saturated rings. The lowest BCUT2D eigenvalue weighted by Crippen LogP contribution is -2.44. The second kappa shape index (κ2) is 26.2. The van der Waals surface area contributed by atoms with Crippen LogP contribution in [0.3, 0.4) is 0 Å². The zero-order valence-electron chi connectivity index (χ0n) is 54.8. The molecular formula is C87H70O12. The van der Waals surface area contributed by atoms with Gasteiger partial charge in [-0.05, 0) is 126 Å². The summed E-state index contributed by atoms with van der Waals surface area (Å²) in [5.74, 6) is -3.74. The number of carbonyl (C=O) groups is 6. The molecule has 18 rings (SSSR count). The van der Waals surface area contributed by atoms with E-state index in [4.69, 9.17) is 28.4 Å². The summed E-state index contributed by atoms with van der Waals surface area (Å²) in [5, 5.41) is 11.5. The number of hydrogen-bond donors (Lipinski definition) is 0. The first-order valence-electron chi connectivity index (χ1n) is 33.6. The van der Waals surface area contributed by atoms with Crippen LogP contribution in [-0.2, 0) is 73.3 Å². The summed E-state index contributed by atoms with van der Waals surface area (Å²) in [4.78, 5) is 75.2. The van der Waals surface area contributed by atoms with Crippen molar-refractivity contribution in [1.29, 1.82) is 0 Å². The molecule has 2 bridgehead atoms. The smallest absolute Gasteiger partial charge is 0.339 e. The Morgan fingerprint density at radius 3 is 1.31 bits per heavy atom. The van der Waals surface area contributed by atoms with Crippen LogP contribution in [-0.4, -0.2) is 48.0 Å². The molecule has 7 aliphatic rings. The third kappa shape index (κ3) is 11.6. The quantitative estimate of drug-likeness (QED) is 0.0649. The van der Waals surface area contributed by atoms with E-state index in [0.717, 1.165) is 79.8 Å². The van der Waals surface area contributed by atoms with Crippen LogP contribution in [0, 0.1) is 23.7 Å². The minimum atomic E-state index is -0.651. The molecule has 1 saturated heterocycles. The van der Waals surface area contributed by atoms with Crippen LogP contribution in [0.4, 0.5) is 0 Å². The molecule has 1 aliphatic heterocycles. The van der Waals surface area contributed by atoms with Crippen molar-refractivity contribution in [2.75, 3.05) is 0 Å². The largest absolute Gasteiger partial charge is 0.458 e. The molecule has 490 valence electrons. The monoisotopic (exact) mass is 1310 g/mol. The Hall–Kier alpha value is -11.5. The van der Waals surface area contributed by atoms with Crippen molar-refractivity contribution in [3.63, 3.8) is 0 Å². The number of fused-ring (bicyclic) bond motifs is 2. The number of benzene rings is 11. The van der Waals surface area contributed by atoms with E-state index in [1.807, 2.05) is 103 Å². The summed E-state index contributed by atoms with van der Waals surface area (Å²) in [6.07, 6.45) is 4.94. The molecule has 11 aromatic carbocycles. The summed E-state index contributed by atoms with van der Waals surface area (Å²) in [6, 6.07) is 68.4. The lowest BCUT2D eigenvalue weighted by Gasteiger charge is -2.31. The Labute approximate surface area is 572 Å². The molecule has 10 atom stereocenters. The van der Waals surface area contributed by atoms with E-state index in [2.05, 4.69) is 123 Å². The van der Waals surface area contributed by atoms with Gasteiger partial charge in [-0.15, -0.1) is 0 Å². The fourth-order valence-corrected chi connectivity index (χ4v) is 16.2. The van der Waals surface area contributed by atoms with E-state index in [1.54, 1.807) is 32.1 Å². The van der Waals surface area contributed by atoms with E-state index in [-0.39, 0.29) is 65.7 Å². The van der Waals surface area contributed by atoms with Gasteiger partial charge in [0.15, 0.2) is 0 Å².